The topological polar surface area (TPSA) is 130 Å². The lowest BCUT2D eigenvalue weighted by Crippen LogP contribution is -2.53. The molecule has 2 amide bonds. The molecule has 0 aliphatic heterocycles. The largest absolute Gasteiger partial charge is 0.352 e. The molecule has 0 unspecified atom stereocenters. The second kappa shape index (κ2) is 13.2. The Morgan fingerprint density at radius 2 is 1.65 bits per heavy atom. The monoisotopic (exact) mass is 570 g/mol. The zero-order valence-electron chi connectivity index (χ0n) is 22.4. The number of nitrogens with one attached hydrogen (secondary N) is 1. The van der Waals surface area contributed by atoms with Gasteiger partial charge in [-0.25, -0.2) is 12.8 Å². The summed E-state index contributed by atoms with van der Waals surface area (Å²) in [7, 11) is -4.36. The van der Waals surface area contributed by atoms with E-state index in [9.17, 15) is 32.5 Å². The molecule has 0 bridgehead atoms. The number of amides is 2. The van der Waals surface area contributed by atoms with E-state index in [0.717, 1.165) is 10.4 Å². The first kappa shape index (κ1) is 30.2. The second-order valence-electron chi connectivity index (χ2n) is 9.34. The highest BCUT2D eigenvalue weighted by Gasteiger charge is 2.34. The van der Waals surface area contributed by atoms with Gasteiger partial charge in [-0.3, -0.25) is 24.0 Å². The van der Waals surface area contributed by atoms with E-state index in [0.29, 0.717) is 5.56 Å². The van der Waals surface area contributed by atoms with Gasteiger partial charge in [-0.05, 0) is 56.2 Å². The molecule has 0 heterocycles. The van der Waals surface area contributed by atoms with Crippen molar-refractivity contribution in [3.05, 3.63) is 100 Å². The number of non-ortho nitro benzene ring substituents is 1. The minimum absolute atomic E-state index is 0.0900. The Bertz CT molecular complexity index is 1450. The molecule has 3 rings (SSSR count). The molecular weight excluding hydrogens is 539 g/mol. The smallest absolute Gasteiger partial charge is 0.271 e. The van der Waals surface area contributed by atoms with Crippen LogP contribution < -0.4 is 9.62 Å². The van der Waals surface area contributed by atoms with E-state index in [-0.39, 0.29) is 35.3 Å². The van der Waals surface area contributed by atoms with Crippen molar-refractivity contribution in [2.75, 3.05) is 10.8 Å². The summed E-state index contributed by atoms with van der Waals surface area (Å²) in [6, 6.07) is 16.5. The van der Waals surface area contributed by atoms with Crippen molar-refractivity contribution in [3.8, 4) is 0 Å². The van der Waals surface area contributed by atoms with Crippen LogP contribution in [0.3, 0.4) is 0 Å². The van der Waals surface area contributed by atoms with Gasteiger partial charge in [0.15, 0.2) is 0 Å². The predicted octanol–water partition coefficient (Wildman–Crippen LogP) is 4.26. The van der Waals surface area contributed by atoms with Crippen LogP contribution in [0.5, 0.6) is 0 Å². The first-order valence-electron chi connectivity index (χ1n) is 12.6. The summed E-state index contributed by atoms with van der Waals surface area (Å²) in [5.74, 6) is -1.63. The number of rotatable bonds is 12. The summed E-state index contributed by atoms with van der Waals surface area (Å²) >= 11 is 0. The minimum atomic E-state index is -4.36. The number of nitro benzene ring substituents is 1. The van der Waals surface area contributed by atoms with Gasteiger partial charge in [0.2, 0.25) is 11.8 Å². The predicted molar refractivity (Wildman–Crippen MR) is 148 cm³/mol. The van der Waals surface area contributed by atoms with Crippen molar-refractivity contribution in [1.29, 1.82) is 0 Å². The van der Waals surface area contributed by atoms with Crippen molar-refractivity contribution in [2.45, 2.75) is 50.7 Å². The van der Waals surface area contributed by atoms with Gasteiger partial charge >= 0.3 is 0 Å². The molecule has 0 aromatic heterocycles. The summed E-state index contributed by atoms with van der Waals surface area (Å²) < 4.78 is 41.9. The SMILES string of the molecule is CC[C@@H](C(=O)NC(C)C)N(Cc1ccc(F)cc1)C(=O)CN(c1cccc([N+](=O)[O-])c1)S(=O)(=O)c1ccccc1. The van der Waals surface area contributed by atoms with Gasteiger partial charge in [0, 0.05) is 24.7 Å². The number of hydrogen-bond acceptors (Lipinski definition) is 6. The quantitative estimate of drug-likeness (QED) is 0.256. The molecular formula is C28H31FN4O6S. The molecule has 0 saturated heterocycles. The summed E-state index contributed by atoms with van der Waals surface area (Å²) in [4.78, 5) is 38.9. The van der Waals surface area contributed by atoms with Crippen LogP contribution in [0.15, 0.2) is 83.8 Å². The van der Waals surface area contributed by atoms with Crippen molar-refractivity contribution >= 4 is 33.2 Å². The minimum Gasteiger partial charge on any atom is -0.352 e. The first-order valence-corrected chi connectivity index (χ1v) is 14.0. The molecule has 0 saturated carbocycles. The number of hydrogen-bond donors (Lipinski definition) is 1. The van der Waals surface area contributed by atoms with Gasteiger partial charge < -0.3 is 10.2 Å². The summed E-state index contributed by atoms with van der Waals surface area (Å²) in [5.41, 5.74) is 0.0790. The maximum Gasteiger partial charge on any atom is 0.271 e. The van der Waals surface area contributed by atoms with Crippen molar-refractivity contribution in [3.63, 3.8) is 0 Å². The van der Waals surface area contributed by atoms with Gasteiger partial charge in [-0.2, -0.15) is 0 Å². The standard InChI is InChI=1S/C28H31FN4O6S/c1-4-26(28(35)30-20(2)3)31(18-21-13-15-22(29)16-14-21)27(34)19-32(23-9-8-10-24(17-23)33(36)37)40(38,39)25-11-6-5-7-12-25/h5-17,20,26H,4,18-19H2,1-3H3,(H,30,35)/t26-/m0/s1. The number of anilines is 1. The number of sulfonamides is 1. The van der Waals surface area contributed by atoms with E-state index in [2.05, 4.69) is 5.32 Å². The number of nitrogens with zero attached hydrogens (tertiary/aromatic N) is 3. The molecule has 10 nitrogen and oxygen atoms in total. The second-order valence-corrected chi connectivity index (χ2v) is 11.2. The molecule has 12 heteroatoms. The summed E-state index contributed by atoms with van der Waals surface area (Å²) in [6.45, 7) is 4.41. The highest BCUT2D eigenvalue weighted by Crippen LogP contribution is 2.27. The van der Waals surface area contributed by atoms with E-state index < -0.39 is 45.2 Å². The van der Waals surface area contributed by atoms with E-state index in [1.54, 1.807) is 26.8 Å². The molecule has 0 radical (unpaired) electrons. The lowest BCUT2D eigenvalue weighted by atomic mass is 10.1. The van der Waals surface area contributed by atoms with Crippen LogP contribution >= 0.6 is 0 Å². The van der Waals surface area contributed by atoms with Crippen LogP contribution in [0.25, 0.3) is 0 Å². The fraction of sp³-hybridized carbons (Fsp3) is 0.286. The van der Waals surface area contributed by atoms with Gasteiger partial charge in [0.1, 0.15) is 18.4 Å². The zero-order chi connectivity index (χ0) is 29.4. The third-order valence-electron chi connectivity index (χ3n) is 6.02. The van der Waals surface area contributed by atoms with E-state index in [1.165, 1.54) is 71.6 Å². The molecule has 40 heavy (non-hydrogen) atoms. The average Bonchev–Trinajstić information content (AvgIpc) is 2.92. The Hall–Kier alpha value is -4.32. The highest BCUT2D eigenvalue weighted by atomic mass is 32.2. The first-order chi connectivity index (χ1) is 18.9. The third-order valence-corrected chi connectivity index (χ3v) is 7.81. The Kier molecular flexibility index (Phi) is 9.94. The van der Waals surface area contributed by atoms with Gasteiger partial charge in [-0.15, -0.1) is 0 Å². The molecule has 1 atom stereocenters. The molecule has 3 aromatic carbocycles. The van der Waals surface area contributed by atoms with E-state index in [4.69, 9.17) is 0 Å². The molecule has 1 N–H and O–H groups in total. The fourth-order valence-corrected chi connectivity index (χ4v) is 5.52. The molecule has 0 spiro atoms. The van der Waals surface area contributed by atoms with E-state index in [1.807, 2.05) is 0 Å². The van der Waals surface area contributed by atoms with E-state index >= 15 is 0 Å². The van der Waals surface area contributed by atoms with Crippen LogP contribution in [0.1, 0.15) is 32.8 Å². The van der Waals surface area contributed by atoms with Gasteiger partial charge in [-0.1, -0.05) is 43.3 Å². The number of nitro groups is 1. The van der Waals surface area contributed by atoms with Crippen LogP contribution in [0.2, 0.25) is 0 Å². The Morgan fingerprint density at radius 1 is 1.00 bits per heavy atom. The summed E-state index contributed by atoms with van der Waals surface area (Å²) in [5, 5.41) is 14.2. The molecule has 3 aromatic rings. The third kappa shape index (κ3) is 7.41. The Labute approximate surface area is 232 Å². The van der Waals surface area contributed by atoms with Crippen molar-refractivity contribution < 1.29 is 27.3 Å². The highest BCUT2D eigenvalue weighted by molar-refractivity contribution is 7.92. The molecule has 212 valence electrons. The van der Waals surface area contributed by atoms with Gasteiger partial charge in [0.05, 0.1) is 15.5 Å². The van der Waals surface area contributed by atoms with Crippen LogP contribution in [0, 0.1) is 15.9 Å². The number of carbonyl (C=O) groups excluding carboxylic acids is 2. The zero-order valence-corrected chi connectivity index (χ0v) is 23.2. The number of benzene rings is 3. The number of carbonyl (C=O) groups is 2. The van der Waals surface area contributed by atoms with Crippen LogP contribution in [0.4, 0.5) is 15.8 Å². The normalized spacial score (nSPS) is 12.0. The van der Waals surface area contributed by atoms with Crippen LogP contribution in [-0.4, -0.2) is 48.7 Å². The Balaban J connectivity index is 2.09. The lowest BCUT2D eigenvalue weighted by molar-refractivity contribution is -0.384. The van der Waals surface area contributed by atoms with Crippen molar-refractivity contribution in [1.82, 2.24) is 10.2 Å². The fourth-order valence-electron chi connectivity index (χ4n) is 4.10. The summed E-state index contributed by atoms with van der Waals surface area (Å²) in [6.07, 6.45) is 0.216. The molecule has 0 aliphatic rings. The van der Waals surface area contributed by atoms with Crippen molar-refractivity contribution in [2.24, 2.45) is 0 Å². The Morgan fingerprint density at radius 3 is 2.23 bits per heavy atom. The maximum absolute atomic E-state index is 13.9. The molecule has 0 aliphatic carbocycles. The number of halogens is 1. The van der Waals surface area contributed by atoms with Crippen LogP contribution in [-0.2, 0) is 26.2 Å². The average molecular weight is 571 g/mol. The lowest BCUT2D eigenvalue weighted by Gasteiger charge is -2.33. The molecule has 0 fully saturated rings. The van der Waals surface area contributed by atoms with Gasteiger partial charge in [0.25, 0.3) is 15.7 Å². The maximum atomic E-state index is 13.9.